The molecule has 4 rings (SSSR count). The van der Waals surface area contributed by atoms with Crippen molar-refractivity contribution < 1.29 is 9.18 Å². The third-order valence-corrected chi connectivity index (χ3v) is 5.95. The van der Waals surface area contributed by atoms with Gasteiger partial charge in [0.1, 0.15) is 10.6 Å². The Morgan fingerprint density at radius 2 is 2.19 bits per heavy atom. The summed E-state index contributed by atoms with van der Waals surface area (Å²) in [5.74, 6) is 0.340. The van der Waals surface area contributed by atoms with E-state index in [9.17, 15) is 9.18 Å². The highest BCUT2D eigenvalue weighted by Gasteiger charge is 2.18. The molecular formula is C19H22ClFN4OS. The van der Waals surface area contributed by atoms with Gasteiger partial charge in [0.25, 0.3) is 5.91 Å². The SMILES string of the molecule is Cc1nn(-c2ccc(F)cc2)c2sc(C(=O)NCCC3CCNC3)cc12.Cl. The average molecular weight is 409 g/mol. The van der Waals surface area contributed by atoms with E-state index >= 15 is 0 Å². The van der Waals surface area contributed by atoms with Crippen molar-refractivity contribution in [1.29, 1.82) is 0 Å². The van der Waals surface area contributed by atoms with Crippen molar-refractivity contribution in [2.75, 3.05) is 19.6 Å². The zero-order chi connectivity index (χ0) is 18.1. The summed E-state index contributed by atoms with van der Waals surface area (Å²) in [4.78, 5) is 14.1. The molecule has 1 atom stereocenters. The molecule has 144 valence electrons. The molecule has 0 saturated carbocycles. The first-order valence-electron chi connectivity index (χ1n) is 8.86. The van der Waals surface area contributed by atoms with Gasteiger partial charge in [0.2, 0.25) is 0 Å². The Hall–Kier alpha value is -1.96. The van der Waals surface area contributed by atoms with Crippen LogP contribution in [0.15, 0.2) is 30.3 Å². The molecule has 1 aromatic carbocycles. The Morgan fingerprint density at radius 3 is 2.89 bits per heavy atom. The van der Waals surface area contributed by atoms with Crippen LogP contribution in [0.4, 0.5) is 4.39 Å². The molecule has 2 N–H and O–H groups in total. The second-order valence-corrected chi connectivity index (χ2v) is 7.74. The van der Waals surface area contributed by atoms with Gasteiger partial charge in [-0.3, -0.25) is 4.79 Å². The second kappa shape index (κ2) is 8.37. The largest absolute Gasteiger partial charge is 0.351 e. The van der Waals surface area contributed by atoms with Crippen LogP contribution in [-0.2, 0) is 0 Å². The molecule has 1 aliphatic rings. The Kier molecular flexibility index (Phi) is 6.14. The number of hydrogen-bond donors (Lipinski definition) is 2. The van der Waals surface area contributed by atoms with E-state index in [1.165, 1.54) is 29.9 Å². The zero-order valence-corrected chi connectivity index (χ0v) is 16.6. The number of amides is 1. The van der Waals surface area contributed by atoms with Gasteiger partial charge in [-0.1, -0.05) is 0 Å². The van der Waals surface area contributed by atoms with Crippen molar-refractivity contribution in [3.63, 3.8) is 0 Å². The molecule has 1 unspecified atom stereocenters. The molecule has 5 nitrogen and oxygen atoms in total. The molecule has 8 heteroatoms. The lowest BCUT2D eigenvalue weighted by Gasteiger charge is -2.08. The van der Waals surface area contributed by atoms with Crippen LogP contribution in [0, 0.1) is 18.7 Å². The predicted molar refractivity (Wildman–Crippen MR) is 109 cm³/mol. The lowest BCUT2D eigenvalue weighted by molar-refractivity contribution is 0.0956. The van der Waals surface area contributed by atoms with Crippen molar-refractivity contribution in [3.8, 4) is 5.69 Å². The number of fused-ring (bicyclic) bond motifs is 1. The van der Waals surface area contributed by atoms with Gasteiger partial charge < -0.3 is 10.6 Å². The number of thiophene rings is 1. The lowest BCUT2D eigenvalue weighted by Crippen LogP contribution is -2.25. The Bertz CT molecular complexity index is 931. The quantitative estimate of drug-likeness (QED) is 0.677. The molecule has 0 bridgehead atoms. The van der Waals surface area contributed by atoms with Crippen LogP contribution in [0.3, 0.4) is 0 Å². The first-order chi connectivity index (χ1) is 12.6. The van der Waals surface area contributed by atoms with Gasteiger partial charge in [0.15, 0.2) is 0 Å². The van der Waals surface area contributed by atoms with Crippen LogP contribution in [0.25, 0.3) is 15.9 Å². The normalized spacial score (nSPS) is 16.4. The van der Waals surface area contributed by atoms with Crippen molar-refractivity contribution >= 4 is 39.9 Å². The second-order valence-electron chi connectivity index (χ2n) is 6.71. The van der Waals surface area contributed by atoms with Gasteiger partial charge in [-0.2, -0.15) is 5.10 Å². The molecule has 1 amide bonds. The molecule has 3 aromatic rings. The van der Waals surface area contributed by atoms with Crippen LogP contribution in [0.2, 0.25) is 0 Å². The maximum atomic E-state index is 13.2. The van der Waals surface area contributed by atoms with Crippen LogP contribution in [0.1, 0.15) is 28.2 Å². The number of rotatable bonds is 5. The van der Waals surface area contributed by atoms with E-state index in [-0.39, 0.29) is 24.1 Å². The van der Waals surface area contributed by atoms with E-state index in [1.54, 1.807) is 16.8 Å². The highest BCUT2D eigenvalue weighted by molar-refractivity contribution is 7.20. The summed E-state index contributed by atoms with van der Waals surface area (Å²) < 4.78 is 15.0. The lowest BCUT2D eigenvalue weighted by atomic mass is 10.1. The van der Waals surface area contributed by atoms with Crippen LogP contribution in [0.5, 0.6) is 0 Å². The highest BCUT2D eigenvalue weighted by Crippen LogP contribution is 2.30. The monoisotopic (exact) mass is 408 g/mol. The number of aryl methyl sites for hydroxylation is 1. The third kappa shape index (κ3) is 4.15. The summed E-state index contributed by atoms with van der Waals surface area (Å²) in [6, 6.07) is 8.11. The first kappa shape index (κ1) is 19.8. The first-order valence-corrected chi connectivity index (χ1v) is 9.67. The number of nitrogens with zero attached hydrogens (tertiary/aromatic N) is 2. The number of carbonyl (C=O) groups excluding carboxylic acids is 1. The molecule has 2 aromatic heterocycles. The van der Waals surface area contributed by atoms with Gasteiger partial charge in [-0.15, -0.1) is 23.7 Å². The summed E-state index contributed by atoms with van der Waals surface area (Å²) in [6.07, 6.45) is 2.19. The summed E-state index contributed by atoms with van der Waals surface area (Å²) >= 11 is 1.42. The van der Waals surface area contributed by atoms with E-state index in [1.807, 2.05) is 13.0 Å². The molecule has 0 radical (unpaired) electrons. The van der Waals surface area contributed by atoms with Crippen molar-refractivity contribution in [1.82, 2.24) is 20.4 Å². The van der Waals surface area contributed by atoms with Gasteiger partial charge in [-0.25, -0.2) is 9.07 Å². The number of carbonyl (C=O) groups is 1. The number of benzene rings is 1. The fraction of sp³-hybridized carbons (Fsp3) is 0.368. The molecule has 0 spiro atoms. The minimum atomic E-state index is -0.280. The summed E-state index contributed by atoms with van der Waals surface area (Å²) in [6.45, 7) is 4.74. The van der Waals surface area contributed by atoms with Gasteiger partial charge in [-0.05, 0) is 69.1 Å². The molecule has 1 aliphatic heterocycles. The number of halogens is 2. The fourth-order valence-electron chi connectivity index (χ4n) is 3.35. The highest BCUT2D eigenvalue weighted by atomic mass is 35.5. The predicted octanol–water partition coefficient (Wildman–Crippen LogP) is 3.69. The van der Waals surface area contributed by atoms with Crippen LogP contribution >= 0.6 is 23.7 Å². The van der Waals surface area contributed by atoms with Crippen LogP contribution in [-0.4, -0.2) is 35.3 Å². The number of aromatic nitrogens is 2. The van der Waals surface area contributed by atoms with E-state index in [2.05, 4.69) is 15.7 Å². The smallest absolute Gasteiger partial charge is 0.261 e. The Labute approximate surface area is 167 Å². The number of hydrogen-bond acceptors (Lipinski definition) is 4. The van der Waals surface area contributed by atoms with Gasteiger partial charge in [0, 0.05) is 11.9 Å². The molecule has 0 aliphatic carbocycles. The molecule has 27 heavy (non-hydrogen) atoms. The molecular weight excluding hydrogens is 387 g/mol. The Morgan fingerprint density at radius 1 is 1.41 bits per heavy atom. The van der Waals surface area contributed by atoms with Crippen molar-refractivity contribution in [2.24, 2.45) is 5.92 Å². The maximum absolute atomic E-state index is 13.2. The molecule has 3 heterocycles. The maximum Gasteiger partial charge on any atom is 0.261 e. The van der Waals surface area contributed by atoms with Crippen LogP contribution < -0.4 is 10.6 Å². The zero-order valence-electron chi connectivity index (χ0n) is 15.0. The molecule has 1 saturated heterocycles. The minimum Gasteiger partial charge on any atom is -0.351 e. The van der Waals surface area contributed by atoms with E-state index in [4.69, 9.17) is 0 Å². The Balaban J connectivity index is 0.00000210. The van der Waals surface area contributed by atoms with Crippen molar-refractivity contribution in [2.45, 2.75) is 19.8 Å². The standard InChI is InChI=1S/C19H21FN4OS.ClH/c1-12-16-10-17(18(25)22-9-7-13-6-8-21-11-13)26-19(16)24(23-12)15-4-2-14(20)3-5-15;/h2-5,10,13,21H,6-9,11H2,1H3,(H,22,25);1H. The van der Waals surface area contributed by atoms with E-state index in [0.717, 1.165) is 41.1 Å². The third-order valence-electron chi connectivity index (χ3n) is 4.84. The van der Waals surface area contributed by atoms with Gasteiger partial charge >= 0.3 is 0 Å². The fourth-order valence-corrected chi connectivity index (χ4v) is 4.45. The van der Waals surface area contributed by atoms with Gasteiger partial charge in [0.05, 0.1) is 16.3 Å². The summed E-state index contributed by atoms with van der Waals surface area (Å²) in [5, 5.41) is 11.9. The molecule has 1 fully saturated rings. The average Bonchev–Trinajstić information content (AvgIpc) is 3.34. The van der Waals surface area contributed by atoms with Crippen molar-refractivity contribution in [3.05, 3.63) is 46.7 Å². The summed E-state index contributed by atoms with van der Waals surface area (Å²) in [5.41, 5.74) is 1.64. The topological polar surface area (TPSA) is 59.0 Å². The minimum absolute atomic E-state index is 0. The number of nitrogens with one attached hydrogen (secondary N) is 2. The summed E-state index contributed by atoms with van der Waals surface area (Å²) in [7, 11) is 0. The van der Waals surface area contributed by atoms with E-state index < -0.39 is 0 Å². The van der Waals surface area contributed by atoms with E-state index in [0.29, 0.717) is 17.3 Å².